The molecule has 0 fully saturated rings. The third-order valence-electron chi connectivity index (χ3n) is 3.00. The van der Waals surface area contributed by atoms with Crippen molar-refractivity contribution in [3.63, 3.8) is 0 Å². The summed E-state index contributed by atoms with van der Waals surface area (Å²) in [5, 5.41) is 2.89. The number of thiazole rings is 1. The number of aromatic nitrogens is 1. The van der Waals surface area contributed by atoms with Crippen molar-refractivity contribution in [2.45, 2.75) is 19.9 Å². The van der Waals surface area contributed by atoms with Gasteiger partial charge in [0.1, 0.15) is 0 Å². The summed E-state index contributed by atoms with van der Waals surface area (Å²) in [6, 6.07) is 4.38. The minimum Gasteiger partial charge on any atom is -0.464 e. The first-order valence-corrected chi connectivity index (χ1v) is 7.56. The number of thiophene rings is 1. The molecule has 0 radical (unpaired) electrons. The second-order valence-corrected chi connectivity index (χ2v) is 6.36. The fourth-order valence-electron chi connectivity index (χ4n) is 1.70. The van der Waals surface area contributed by atoms with Crippen molar-refractivity contribution >= 4 is 33.8 Å². The van der Waals surface area contributed by atoms with E-state index in [1.54, 1.807) is 11.3 Å². The SMILES string of the molecule is COC(=O)c1nc(N(C)C(C)c2cccs2)sc1C. The molecule has 2 heterocycles. The van der Waals surface area contributed by atoms with Crippen LogP contribution in [0.25, 0.3) is 0 Å². The number of nitrogens with zero attached hydrogens (tertiary/aromatic N) is 2. The van der Waals surface area contributed by atoms with E-state index in [9.17, 15) is 4.79 Å². The van der Waals surface area contributed by atoms with Gasteiger partial charge in [-0.25, -0.2) is 9.78 Å². The van der Waals surface area contributed by atoms with Crippen molar-refractivity contribution in [3.05, 3.63) is 33.0 Å². The van der Waals surface area contributed by atoms with Gasteiger partial charge >= 0.3 is 5.97 Å². The number of methoxy groups -OCH3 is 1. The first-order valence-electron chi connectivity index (χ1n) is 5.86. The highest BCUT2D eigenvalue weighted by Crippen LogP contribution is 2.32. The lowest BCUT2D eigenvalue weighted by atomic mass is 10.2. The van der Waals surface area contributed by atoms with Gasteiger partial charge in [0.2, 0.25) is 0 Å². The summed E-state index contributed by atoms with van der Waals surface area (Å²) in [5.74, 6) is -0.378. The van der Waals surface area contributed by atoms with Crippen molar-refractivity contribution < 1.29 is 9.53 Å². The molecule has 2 aromatic rings. The minimum absolute atomic E-state index is 0.232. The molecule has 2 rings (SSSR count). The van der Waals surface area contributed by atoms with E-state index < -0.39 is 0 Å². The Balaban J connectivity index is 2.25. The number of rotatable bonds is 4. The van der Waals surface area contributed by atoms with Crippen molar-refractivity contribution in [3.8, 4) is 0 Å². The van der Waals surface area contributed by atoms with Crippen LogP contribution in [-0.4, -0.2) is 25.1 Å². The van der Waals surface area contributed by atoms with Crippen molar-refractivity contribution in [2.75, 3.05) is 19.1 Å². The maximum atomic E-state index is 11.6. The van der Waals surface area contributed by atoms with Gasteiger partial charge in [-0.3, -0.25) is 0 Å². The molecule has 1 unspecified atom stereocenters. The number of ether oxygens (including phenoxy) is 1. The lowest BCUT2D eigenvalue weighted by Gasteiger charge is -2.23. The fraction of sp³-hybridized carbons (Fsp3) is 0.385. The summed E-state index contributed by atoms with van der Waals surface area (Å²) in [7, 11) is 3.36. The van der Waals surface area contributed by atoms with E-state index in [0.29, 0.717) is 5.69 Å². The fourth-order valence-corrected chi connectivity index (χ4v) is 3.47. The first kappa shape index (κ1) is 14.0. The summed E-state index contributed by atoms with van der Waals surface area (Å²) < 4.78 is 4.73. The van der Waals surface area contributed by atoms with E-state index in [-0.39, 0.29) is 12.0 Å². The van der Waals surface area contributed by atoms with Crippen LogP contribution in [0.15, 0.2) is 17.5 Å². The molecule has 0 aromatic carbocycles. The zero-order chi connectivity index (χ0) is 14.0. The molecule has 0 bridgehead atoms. The van der Waals surface area contributed by atoms with Crippen molar-refractivity contribution in [1.82, 2.24) is 4.98 Å². The molecule has 0 aliphatic carbocycles. The Morgan fingerprint density at radius 1 is 1.53 bits per heavy atom. The summed E-state index contributed by atoms with van der Waals surface area (Å²) >= 11 is 3.23. The maximum Gasteiger partial charge on any atom is 0.357 e. The summed E-state index contributed by atoms with van der Waals surface area (Å²) in [6.45, 7) is 4.01. The number of hydrogen-bond donors (Lipinski definition) is 0. The molecule has 0 saturated heterocycles. The smallest absolute Gasteiger partial charge is 0.357 e. The second-order valence-electron chi connectivity index (χ2n) is 4.20. The number of hydrogen-bond acceptors (Lipinski definition) is 6. The quantitative estimate of drug-likeness (QED) is 0.810. The molecule has 19 heavy (non-hydrogen) atoms. The van der Waals surface area contributed by atoms with Crippen LogP contribution in [0.3, 0.4) is 0 Å². The average molecular weight is 296 g/mol. The van der Waals surface area contributed by atoms with E-state index in [1.807, 2.05) is 20.0 Å². The largest absolute Gasteiger partial charge is 0.464 e. The van der Waals surface area contributed by atoms with E-state index >= 15 is 0 Å². The van der Waals surface area contributed by atoms with Crippen LogP contribution < -0.4 is 4.90 Å². The Morgan fingerprint density at radius 2 is 2.26 bits per heavy atom. The molecule has 0 aliphatic rings. The van der Waals surface area contributed by atoms with Crippen LogP contribution in [0.4, 0.5) is 5.13 Å². The number of anilines is 1. The third kappa shape index (κ3) is 2.79. The number of aryl methyl sites for hydroxylation is 1. The van der Waals surface area contributed by atoms with Gasteiger partial charge in [0.15, 0.2) is 10.8 Å². The third-order valence-corrected chi connectivity index (χ3v) is 5.11. The number of esters is 1. The average Bonchev–Trinajstić information content (AvgIpc) is 3.05. The normalized spacial score (nSPS) is 12.2. The summed E-state index contributed by atoms with van der Waals surface area (Å²) in [6.07, 6.45) is 0. The Kier molecular flexibility index (Phi) is 4.21. The Hall–Kier alpha value is -1.40. The minimum atomic E-state index is -0.378. The molecular formula is C13H16N2O2S2. The Labute approximate surface area is 120 Å². The van der Waals surface area contributed by atoms with E-state index in [2.05, 4.69) is 28.3 Å². The monoisotopic (exact) mass is 296 g/mol. The molecule has 4 nitrogen and oxygen atoms in total. The molecule has 6 heteroatoms. The van der Waals surface area contributed by atoms with Gasteiger partial charge in [-0.15, -0.1) is 22.7 Å². The van der Waals surface area contributed by atoms with Crippen LogP contribution in [0.5, 0.6) is 0 Å². The van der Waals surface area contributed by atoms with Gasteiger partial charge in [-0.2, -0.15) is 0 Å². The van der Waals surface area contributed by atoms with Gasteiger partial charge in [0.05, 0.1) is 13.2 Å². The topological polar surface area (TPSA) is 42.4 Å². The van der Waals surface area contributed by atoms with Crippen LogP contribution >= 0.6 is 22.7 Å². The lowest BCUT2D eigenvalue weighted by molar-refractivity contribution is 0.0594. The van der Waals surface area contributed by atoms with E-state index in [4.69, 9.17) is 4.74 Å². The molecular weight excluding hydrogens is 280 g/mol. The molecule has 2 aromatic heterocycles. The molecule has 0 N–H and O–H groups in total. The van der Waals surface area contributed by atoms with Gasteiger partial charge in [0, 0.05) is 16.8 Å². The highest BCUT2D eigenvalue weighted by atomic mass is 32.1. The predicted molar refractivity (Wildman–Crippen MR) is 79.3 cm³/mol. The van der Waals surface area contributed by atoms with Gasteiger partial charge in [-0.1, -0.05) is 6.07 Å². The molecule has 0 amide bonds. The molecule has 0 saturated carbocycles. The van der Waals surface area contributed by atoms with Crippen LogP contribution in [0, 0.1) is 6.92 Å². The molecule has 1 atom stereocenters. The zero-order valence-corrected chi connectivity index (χ0v) is 13.0. The Bertz CT molecular complexity index is 563. The van der Waals surface area contributed by atoms with Crippen molar-refractivity contribution in [2.24, 2.45) is 0 Å². The maximum absolute atomic E-state index is 11.6. The molecule has 0 spiro atoms. The van der Waals surface area contributed by atoms with Crippen LogP contribution in [-0.2, 0) is 4.74 Å². The van der Waals surface area contributed by atoms with E-state index in [1.165, 1.54) is 23.3 Å². The van der Waals surface area contributed by atoms with Crippen LogP contribution in [0.1, 0.15) is 33.2 Å². The van der Waals surface area contributed by atoms with E-state index in [0.717, 1.165) is 10.0 Å². The summed E-state index contributed by atoms with van der Waals surface area (Å²) in [4.78, 5) is 20.2. The summed E-state index contributed by atoms with van der Waals surface area (Å²) in [5.41, 5.74) is 0.410. The molecule has 0 aliphatic heterocycles. The second kappa shape index (κ2) is 5.71. The highest BCUT2D eigenvalue weighted by Gasteiger charge is 2.21. The standard InChI is InChI=1S/C13H16N2O2S2/c1-8(10-6-5-7-18-10)15(3)13-14-11(9(2)19-13)12(16)17-4/h5-8H,1-4H3. The molecule has 102 valence electrons. The first-order chi connectivity index (χ1) is 9.04. The van der Waals surface area contributed by atoms with Crippen molar-refractivity contribution in [1.29, 1.82) is 0 Å². The predicted octanol–water partition coefficient (Wildman–Crippen LogP) is 3.50. The van der Waals surface area contributed by atoms with Gasteiger partial charge in [0.25, 0.3) is 0 Å². The lowest BCUT2D eigenvalue weighted by Crippen LogP contribution is -2.20. The van der Waals surface area contributed by atoms with Gasteiger partial charge in [-0.05, 0) is 25.3 Å². The highest BCUT2D eigenvalue weighted by molar-refractivity contribution is 7.15. The van der Waals surface area contributed by atoms with Crippen LogP contribution in [0.2, 0.25) is 0 Å². The number of carbonyl (C=O) groups excluding carboxylic acids is 1. The van der Waals surface area contributed by atoms with Gasteiger partial charge < -0.3 is 9.64 Å². The number of carbonyl (C=O) groups is 1. The Morgan fingerprint density at radius 3 is 2.84 bits per heavy atom. The zero-order valence-electron chi connectivity index (χ0n) is 11.3.